The Bertz CT molecular complexity index is 870. The minimum absolute atomic E-state index is 0.477. The van der Waals surface area contributed by atoms with Crippen LogP contribution in [0.2, 0.25) is 0 Å². The van der Waals surface area contributed by atoms with Crippen molar-refractivity contribution in [1.29, 1.82) is 0 Å². The van der Waals surface area contributed by atoms with Gasteiger partial charge in [-0.05, 0) is 37.1 Å². The summed E-state index contributed by atoms with van der Waals surface area (Å²) in [5, 5.41) is 5.73. The van der Waals surface area contributed by atoms with Gasteiger partial charge in [0.25, 0.3) is 0 Å². The molecule has 3 aromatic heterocycles. The van der Waals surface area contributed by atoms with Crippen LogP contribution in [0.1, 0.15) is 32.1 Å². The number of aryl methyl sites for hydroxylation is 1. The molecule has 0 aliphatic heterocycles. The summed E-state index contributed by atoms with van der Waals surface area (Å²) in [5.41, 5.74) is 1.02. The van der Waals surface area contributed by atoms with E-state index in [1.54, 1.807) is 22.7 Å². The highest BCUT2D eigenvalue weighted by molar-refractivity contribution is 7.22. The van der Waals surface area contributed by atoms with Gasteiger partial charge in [-0.15, -0.1) is 11.3 Å². The molecule has 4 nitrogen and oxygen atoms in total. The predicted molar refractivity (Wildman–Crippen MR) is 100 cm³/mol. The van der Waals surface area contributed by atoms with E-state index < -0.39 is 0 Å². The third-order valence-electron chi connectivity index (χ3n) is 4.31. The van der Waals surface area contributed by atoms with E-state index in [4.69, 9.17) is 4.99 Å². The number of pyridine rings is 1. The molecule has 0 amide bonds. The molecule has 0 unspecified atom stereocenters. The first-order chi connectivity index (χ1) is 11.8. The Hall–Kier alpha value is -1.79. The van der Waals surface area contributed by atoms with E-state index in [0.29, 0.717) is 6.04 Å². The molecule has 1 fully saturated rings. The third kappa shape index (κ3) is 3.35. The molecular weight excluding hydrogens is 336 g/mol. The van der Waals surface area contributed by atoms with E-state index in [1.807, 2.05) is 36.1 Å². The van der Waals surface area contributed by atoms with Crippen molar-refractivity contribution in [2.75, 3.05) is 0 Å². The maximum Gasteiger partial charge on any atom is 0.203 e. The van der Waals surface area contributed by atoms with Crippen molar-refractivity contribution >= 4 is 22.7 Å². The van der Waals surface area contributed by atoms with Crippen LogP contribution in [0, 0.1) is 0 Å². The number of thiophene rings is 1. The van der Waals surface area contributed by atoms with Gasteiger partial charge in [0, 0.05) is 13.2 Å². The highest BCUT2D eigenvalue weighted by Crippen LogP contribution is 2.33. The zero-order chi connectivity index (χ0) is 16.4. The van der Waals surface area contributed by atoms with E-state index in [9.17, 15) is 0 Å². The summed E-state index contributed by atoms with van der Waals surface area (Å²) in [7, 11) is 1.99. The second-order valence-corrected chi connectivity index (χ2v) is 8.15. The molecule has 1 aliphatic rings. The first-order valence-corrected chi connectivity index (χ1v) is 10.0. The van der Waals surface area contributed by atoms with E-state index in [2.05, 4.69) is 22.2 Å². The number of rotatable bonds is 3. The van der Waals surface area contributed by atoms with Crippen LogP contribution >= 0.6 is 22.7 Å². The average Bonchev–Trinajstić information content (AvgIpc) is 3.24. The van der Waals surface area contributed by atoms with E-state index in [-0.39, 0.29) is 0 Å². The Labute approximate surface area is 149 Å². The van der Waals surface area contributed by atoms with Crippen LogP contribution < -0.4 is 4.80 Å². The van der Waals surface area contributed by atoms with Crippen molar-refractivity contribution in [3.8, 4) is 20.5 Å². The highest BCUT2D eigenvalue weighted by Gasteiger charge is 2.14. The van der Waals surface area contributed by atoms with Crippen molar-refractivity contribution < 1.29 is 0 Å². The molecule has 0 radical (unpaired) electrons. The summed E-state index contributed by atoms with van der Waals surface area (Å²) in [6.07, 6.45) is 8.24. The summed E-state index contributed by atoms with van der Waals surface area (Å²) < 4.78 is 1.93. The minimum atomic E-state index is 0.477. The van der Waals surface area contributed by atoms with Gasteiger partial charge in [-0.25, -0.2) is 4.68 Å². The van der Waals surface area contributed by atoms with E-state index in [0.717, 1.165) is 15.5 Å². The van der Waals surface area contributed by atoms with E-state index in [1.165, 1.54) is 41.9 Å². The monoisotopic (exact) mass is 356 g/mol. The topological polar surface area (TPSA) is 43.1 Å². The second kappa shape index (κ2) is 6.99. The summed E-state index contributed by atoms with van der Waals surface area (Å²) >= 11 is 3.43. The number of hydrogen-bond acceptors (Lipinski definition) is 5. The fourth-order valence-electron chi connectivity index (χ4n) is 3.03. The van der Waals surface area contributed by atoms with Crippen LogP contribution in [0.5, 0.6) is 0 Å². The SMILES string of the molecule is Cn1nc(-c2ccc(-c3ccccn3)s2)sc1=NC1CCCCC1. The Morgan fingerprint density at radius 3 is 2.67 bits per heavy atom. The molecule has 0 N–H and O–H groups in total. The molecule has 4 rings (SSSR count). The molecule has 124 valence electrons. The molecule has 0 spiro atoms. The summed E-state index contributed by atoms with van der Waals surface area (Å²) in [6.45, 7) is 0. The first-order valence-electron chi connectivity index (χ1n) is 8.39. The quantitative estimate of drug-likeness (QED) is 0.693. The van der Waals surface area contributed by atoms with Crippen LogP contribution in [-0.2, 0) is 7.05 Å². The normalized spacial score (nSPS) is 16.6. The predicted octanol–water partition coefficient (Wildman–Crippen LogP) is 4.51. The Balaban J connectivity index is 1.62. The standard InChI is InChI=1S/C18H20N4S2/c1-22-18(20-13-7-3-2-4-8-13)24-17(21-22)16-11-10-15(23-16)14-9-5-6-12-19-14/h5-6,9-13H,2-4,7-8H2,1H3. The highest BCUT2D eigenvalue weighted by atomic mass is 32.1. The second-order valence-electron chi connectivity index (χ2n) is 6.11. The van der Waals surface area contributed by atoms with Gasteiger partial charge >= 0.3 is 0 Å². The summed E-state index contributed by atoms with van der Waals surface area (Å²) in [5.74, 6) is 0. The van der Waals surface area contributed by atoms with Crippen molar-refractivity contribution in [3.63, 3.8) is 0 Å². The third-order valence-corrected chi connectivity index (χ3v) is 6.60. The Kier molecular flexibility index (Phi) is 4.58. The smallest absolute Gasteiger partial charge is 0.203 e. The number of nitrogens with zero attached hydrogens (tertiary/aromatic N) is 4. The van der Waals surface area contributed by atoms with Gasteiger partial charge in [-0.3, -0.25) is 9.98 Å². The molecule has 0 atom stereocenters. The van der Waals surface area contributed by atoms with Crippen LogP contribution in [0.15, 0.2) is 41.5 Å². The van der Waals surface area contributed by atoms with Gasteiger partial charge in [-0.2, -0.15) is 5.10 Å². The van der Waals surface area contributed by atoms with Crippen LogP contribution in [0.3, 0.4) is 0 Å². The Morgan fingerprint density at radius 2 is 1.88 bits per heavy atom. The lowest BCUT2D eigenvalue weighted by Gasteiger charge is -2.16. The molecule has 1 saturated carbocycles. The van der Waals surface area contributed by atoms with Gasteiger partial charge in [-0.1, -0.05) is 36.7 Å². The molecule has 24 heavy (non-hydrogen) atoms. The Morgan fingerprint density at radius 1 is 1.04 bits per heavy atom. The van der Waals surface area contributed by atoms with Crippen molar-refractivity contribution in [2.45, 2.75) is 38.1 Å². The molecule has 6 heteroatoms. The van der Waals surface area contributed by atoms with Gasteiger partial charge in [0.2, 0.25) is 4.80 Å². The van der Waals surface area contributed by atoms with Gasteiger partial charge in [0.15, 0.2) is 5.01 Å². The van der Waals surface area contributed by atoms with Crippen molar-refractivity contribution in [1.82, 2.24) is 14.8 Å². The fourth-order valence-corrected chi connectivity index (χ4v) is 5.02. The molecule has 1 aliphatic carbocycles. The summed E-state index contributed by atoms with van der Waals surface area (Å²) in [6, 6.07) is 10.7. The molecule has 0 aromatic carbocycles. The largest absolute Gasteiger partial charge is 0.255 e. The number of aromatic nitrogens is 3. The average molecular weight is 357 g/mol. The lowest BCUT2D eigenvalue weighted by molar-refractivity contribution is 0.434. The zero-order valence-corrected chi connectivity index (χ0v) is 15.3. The maximum absolute atomic E-state index is 4.94. The van der Waals surface area contributed by atoms with E-state index >= 15 is 0 Å². The molecule has 3 aromatic rings. The van der Waals surface area contributed by atoms with Crippen LogP contribution in [0.25, 0.3) is 20.5 Å². The molecular formula is C18H20N4S2. The van der Waals surface area contributed by atoms with Gasteiger partial charge in [0.1, 0.15) is 0 Å². The van der Waals surface area contributed by atoms with Crippen LogP contribution in [-0.4, -0.2) is 20.8 Å². The maximum atomic E-state index is 4.94. The van der Waals surface area contributed by atoms with Crippen LogP contribution in [0.4, 0.5) is 0 Å². The van der Waals surface area contributed by atoms with Crippen molar-refractivity contribution in [2.24, 2.45) is 12.0 Å². The van der Waals surface area contributed by atoms with Gasteiger partial charge < -0.3 is 0 Å². The lowest BCUT2D eigenvalue weighted by Crippen LogP contribution is -2.18. The minimum Gasteiger partial charge on any atom is -0.255 e. The summed E-state index contributed by atoms with van der Waals surface area (Å²) in [4.78, 5) is 12.8. The molecule has 0 saturated heterocycles. The first kappa shape index (κ1) is 15.7. The van der Waals surface area contributed by atoms with Gasteiger partial charge in [0.05, 0.1) is 21.5 Å². The zero-order valence-electron chi connectivity index (χ0n) is 13.7. The fraction of sp³-hybridized carbons (Fsp3) is 0.389. The lowest BCUT2D eigenvalue weighted by atomic mass is 9.96. The molecule has 3 heterocycles. The number of hydrogen-bond donors (Lipinski definition) is 0. The van der Waals surface area contributed by atoms with Crippen molar-refractivity contribution in [3.05, 3.63) is 41.3 Å². The molecule has 0 bridgehead atoms.